The molecule has 0 saturated carbocycles. The summed E-state index contributed by atoms with van der Waals surface area (Å²) in [6.45, 7) is 11.2. The molecule has 15 heteroatoms. The van der Waals surface area contributed by atoms with Gasteiger partial charge in [-0.1, -0.05) is 0 Å². The summed E-state index contributed by atoms with van der Waals surface area (Å²) in [6.07, 6.45) is 0.147. The summed E-state index contributed by atoms with van der Waals surface area (Å²) in [7, 11) is 0. The number of alkyl carbamates (subject to hydrolysis) is 2. The third-order valence-corrected chi connectivity index (χ3v) is 4.93. The lowest BCUT2D eigenvalue weighted by atomic mass is 10.1. The Morgan fingerprint density at radius 3 is 2.21 bits per heavy atom. The van der Waals surface area contributed by atoms with Crippen molar-refractivity contribution in [2.24, 2.45) is 0 Å². The molecule has 0 aliphatic rings. The minimum Gasteiger partial charge on any atom is -0.444 e. The Morgan fingerprint density at radius 1 is 0.923 bits per heavy atom. The summed E-state index contributed by atoms with van der Waals surface area (Å²) in [5.41, 5.74) is -0.917. The maximum absolute atomic E-state index is 12.9. The van der Waals surface area contributed by atoms with Crippen molar-refractivity contribution in [3.8, 4) is 0 Å². The van der Waals surface area contributed by atoms with Crippen molar-refractivity contribution in [3.05, 3.63) is 22.2 Å². The number of amides is 3. The highest BCUT2D eigenvalue weighted by molar-refractivity contribution is 5.93. The molecule has 2 aromatic rings. The summed E-state index contributed by atoms with van der Waals surface area (Å²) >= 11 is 0. The molecule has 4 N–H and O–H groups in total. The Labute approximate surface area is 225 Å². The molecule has 3 amide bonds. The molecule has 1 atom stereocenters. The number of nitrogens with zero attached hydrogens (tertiary/aromatic N) is 3. The Morgan fingerprint density at radius 2 is 1.56 bits per heavy atom. The zero-order chi connectivity index (χ0) is 29.2. The van der Waals surface area contributed by atoms with Crippen LogP contribution in [0, 0.1) is 10.1 Å². The van der Waals surface area contributed by atoms with Crippen molar-refractivity contribution in [2.75, 3.05) is 25.0 Å². The molecule has 39 heavy (non-hydrogen) atoms. The van der Waals surface area contributed by atoms with Crippen molar-refractivity contribution in [1.29, 1.82) is 0 Å². The van der Waals surface area contributed by atoms with Gasteiger partial charge in [-0.2, -0.15) is 0 Å². The fourth-order valence-corrected chi connectivity index (χ4v) is 3.35. The van der Waals surface area contributed by atoms with Gasteiger partial charge in [-0.3, -0.25) is 14.9 Å². The summed E-state index contributed by atoms with van der Waals surface area (Å²) in [5.74, 6) is -0.417. The van der Waals surface area contributed by atoms with Gasteiger partial charge in [0.05, 0.1) is 10.6 Å². The van der Waals surface area contributed by atoms with Crippen LogP contribution in [0.4, 0.5) is 21.0 Å². The number of benzene rings is 1. The first-order chi connectivity index (χ1) is 18.2. The molecule has 0 unspecified atom stereocenters. The van der Waals surface area contributed by atoms with E-state index in [1.807, 2.05) is 0 Å². The molecule has 2 rings (SSSR count). The number of nitrogens with one attached hydrogen (secondary N) is 4. The lowest BCUT2D eigenvalue weighted by molar-refractivity contribution is -0.383. The quantitative estimate of drug-likeness (QED) is 0.171. The van der Waals surface area contributed by atoms with Gasteiger partial charge in [-0.05, 0) is 77.2 Å². The third-order valence-electron chi connectivity index (χ3n) is 4.93. The van der Waals surface area contributed by atoms with Crippen molar-refractivity contribution < 1.29 is 33.4 Å². The molecule has 0 spiro atoms. The van der Waals surface area contributed by atoms with Crippen LogP contribution in [0.1, 0.15) is 60.8 Å². The molecule has 1 aromatic heterocycles. The lowest BCUT2D eigenvalue weighted by Crippen LogP contribution is -2.49. The Balaban J connectivity index is 1.88. The summed E-state index contributed by atoms with van der Waals surface area (Å²) in [5, 5.41) is 29.5. The first-order valence-electron chi connectivity index (χ1n) is 12.5. The van der Waals surface area contributed by atoms with Gasteiger partial charge in [0.15, 0.2) is 5.52 Å². The van der Waals surface area contributed by atoms with Crippen LogP contribution >= 0.6 is 0 Å². The number of nitro groups is 1. The predicted octanol–water partition coefficient (Wildman–Crippen LogP) is 3.25. The van der Waals surface area contributed by atoms with Gasteiger partial charge < -0.3 is 30.7 Å². The van der Waals surface area contributed by atoms with Crippen molar-refractivity contribution in [1.82, 2.24) is 26.3 Å². The lowest BCUT2D eigenvalue weighted by Gasteiger charge is -2.23. The standard InChI is InChI=1S/C24H37N7O8/c1-23(2,3)37-21(33)27-12-8-7-9-16(28-22(34)38-24(4,5)6)20(32)26-14-13-25-15-10-11-17(31(35)36)19-18(15)29-39-30-19/h10-11,16,25H,7-9,12-14H2,1-6H3,(H,26,32)(H,27,33)(H,28,34)/t16-/m0/s1. The van der Waals surface area contributed by atoms with E-state index in [0.29, 0.717) is 31.5 Å². The summed E-state index contributed by atoms with van der Waals surface area (Å²) in [4.78, 5) is 47.5. The summed E-state index contributed by atoms with van der Waals surface area (Å²) in [6, 6.07) is 1.89. The van der Waals surface area contributed by atoms with Crippen LogP contribution in [0.3, 0.4) is 0 Å². The van der Waals surface area contributed by atoms with Crippen LogP contribution in [0.25, 0.3) is 11.0 Å². The number of fused-ring (bicyclic) bond motifs is 1. The van der Waals surface area contributed by atoms with Crippen LogP contribution in [0.2, 0.25) is 0 Å². The molecular formula is C24H37N7O8. The number of carbonyl (C=O) groups excluding carboxylic acids is 3. The zero-order valence-corrected chi connectivity index (χ0v) is 23.1. The van der Waals surface area contributed by atoms with Crippen LogP contribution in [-0.4, -0.2) is 70.2 Å². The number of aromatic nitrogens is 2. The van der Waals surface area contributed by atoms with Crippen LogP contribution < -0.4 is 21.3 Å². The van der Waals surface area contributed by atoms with Gasteiger partial charge in [0.2, 0.25) is 11.4 Å². The van der Waals surface area contributed by atoms with Gasteiger partial charge in [-0.25, -0.2) is 14.2 Å². The second-order valence-corrected chi connectivity index (χ2v) is 10.7. The van der Waals surface area contributed by atoms with Gasteiger partial charge in [0, 0.05) is 25.7 Å². The smallest absolute Gasteiger partial charge is 0.408 e. The molecule has 0 saturated heterocycles. The molecular weight excluding hydrogens is 514 g/mol. The molecule has 15 nitrogen and oxygen atoms in total. The van der Waals surface area contributed by atoms with E-state index in [2.05, 4.69) is 36.2 Å². The van der Waals surface area contributed by atoms with Gasteiger partial charge in [-0.15, -0.1) is 0 Å². The van der Waals surface area contributed by atoms with Gasteiger partial charge >= 0.3 is 17.9 Å². The molecule has 0 aliphatic carbocycles. The minimum absolute atomic E-state index is 0.0109. The van der Waals surface area contributed by atoms with Crippen molar-refractivity contribution >= 4 is 40.5 Å². The van der Waals surface area contributed by atoms with Crippen molar-refractivity contribution in [3.63, 3.8) is 0 Å². The van der Waals surface area contributed by atoms with Crippen LogP contribution in [0.5, 0.6) is 0 Å². The van der Waals surface area contributed by atoms with E-state index >= 15 is 0 Å². The fraction of sp³-hybridized carbons (Fsp3) is 0.625. The zero-order valence-electron chi connectivity index (χ0n) is 23.1. The highest BCUT2D eigenvalue weighted by Gasteiger charge is 2.24. The molecule has 1 heterocycles. The number of ether oxygens (including phenoxy) is 2. The van der Waals surface area contributed by atoms with Crippen molar-refractivity contribution in [2.45, 2.75) is 78.0 Å². The maximum Gasteiger partial charge on any atom is 0.408 e. The Hall–Kier alpha value is -4.17. The maximum atomic E-state index is 12.9. The highest BCUT2D eigenvalue weighted by atomic mass is 16.6. The van der Waals surface area contributed by atoms with E-state index in [9.17, 15) is 24.5 Å². The Bertz CT molecular complexity index is 1150. The topological polar surface area (TPSA) is 200 Å². The van der Waals surface area contributed by atoms with E-state index in [4.69, 9.17) is 9.47 Å². The molecule has 0 fully saturated rings. The first-order valence-corrected chi connectivity index (χ1v) is 12.5. The van der Waals surface area contributed by atoms with Crippen LogP contribution in [-0.2, 0) is 14.3 Å². The third kappa shape index (κ3) is 11.0. The predicted molar refractivity (Wildman–Crippen MR) is 141 cm³/mol. The monoisotopic (exact) mass is 551 g/mol. The number of anilines is 1. The molecule has 0 radical (unpaired) electrons. The molecule has 0 bridgehead atoms. The molecule has 1 aromatic carbocycles. The molecule has 216 valence electrons. The average molecular weight is 552 g/mol. The SMILES string of the molecule is CC(C)(C)OC(=O)NCCCC[C@H](NC(=O)OC(C)(C)C)C(=O)NCCNc1ccc([N+](=O)[O-])c2nonc12. The number of hydrogen-bond acceptors (Lipinski definition) is 11. The van der Waals surface area contributed by atoms with E-state index in [1.165, 1.54) is 12.1 Å². The van der Waals surface area contributed by atoms with E-state index in [0.717, 1.165) is 0 Å². The average Bonchev–Trinajstić information content (AvgIpc) is 3.28. The number of nitro benzene ring substituents is 1. The number of non-ortho nitro benzene ring substituents is 1. The Kier molecular flexibility index (Phi) is 10.8. The molecule has 0 aliphatic heterocycles. The minimum atomic E-state index is -0.868. The van der Waals surface area contributed by atoms with Crippen LogP contribution in [0.15, 0.2) is 16.8 Å². The summed E-state index contributed by atoms with van der Waals surface area (Å²) < 4.78 is 15.1. The highest BCUT2D eigenvalue weighted by Crippen LogP contribution is 2.28. The van der Waals surface area contributed by atoms with E-state index < -0.39 is 40.3 Å². The number of hydrogen-bond donors (Lipinski definition) is 4. The number of carbonyl (C=O) groups is 3. The fourth-order valence-electron chi connectivity index (χ4n) is 3.35. The van der Waals surface area contributed by atoms with Gasteiger partial charge in [0.1, 0.15) is 17.2 Å². The van der Waals surface area contributed by atoms with E-state index in [1.54, 1.807) is 41.5 Å². The number of unbranched alkanes of at least 4 members (excludes halogenated alkanes) is 1. The van der Waals surface area contributed by atoms with Gasteiger partial charge in [0.25, 0.3) is 0 Å². The number of rotatable bonds is 12. The normalized spacial score (nSPS) is 12.4. The first kappa shape index (κ1) is 31.1. The largest absolute Gasteiger partial charge is 0.444 e. The second-order valence-electron chi connectivity index (χ2n) is 10.7. The van der Waals surface area contributed by atoms with E-state index in [-0.39, 0.29) is 29.8 Å². The second kappa shape index (κ2) is 13.6.